The normalized spacial score (nSPS) is 20.0. The van der Waals surface area contributed by atoms with Gasteiger partial charge in [-0.15, -0.1) is 0 Å². The third kappa shape index (κ3) is 1.34. The molecule has 0 aromatic rings. The molecule has 74 valence electrons. The van der Waals surface area contributed by atoms with Crippen LogP contribution in [0.15, 0.2) is 12.2 Å². The Hall–Kier alpha value is -1.85. The van der Waals surface area contributed by atoms with Gasteiger partial charge in [0.15, 0.2) is 0 Å². The van der Waals surface area contributed by atoms with E-state index in [4.69, 9.17) is 0 Å². The van der Waals surface area contributed by atoms with Crippen LogP contribution in [0.2, 0.25) is 0 Å². The summed E-state index contributed by atoms with van der Waals surface area (Å²) in [4.78, 5) is 39.2. The maximum atomic E-state index is 11.2. The molecule has 1 saturated heterocycles. The fraction of sp³-hybridized carbons (Fsp3) is 0.375. The van der Waals surface area contributed by atoms with Crippen LogP contribution in [0.25, 0.3) is 0 Å². The molecular formula is C8H8N2O4. The van der Waals surface area contributed by atoms with Crippen LogP contribution >= 0.6 is 0 Å². The lowest BCUT2D eigenvalue weighted by atomic mass is 10.2. The molecule has 6 nitrogen and oxygen atoms in total. The van der Waals surface area contributed by atoms with Gasteiger partial charge in [-0.1, -0.05) is 5.06 Å². The maximum absolute atomic E-state index is 11.2. The Bertz CT molecular complexity index is 314. The Labute approximate surface area is 79.7 Å². The first kappa shape index (κ1) is 8.74. The van der Waals surface area contributed by atoms with Gasteiger partial charge >= 0.3 is 6.09 Å². The highest BCUT2D eigenvalue weighted by atomic mass is 16.7. The number of likely N-dealkylation sites (tertiary alicyclic amines) is 1. The van der Waals surface area contributed by atoms with Gasteiger partial charge in [-0.25, -0.2) is 4.79 Å². The molecule has 6 heteroatoms. The molecule has 0 radical (unpaired) electrons. The molecule has 0 aromatic heterocycles. The van der Waals surface area contributed by atoms with E-state index in [9.17, 15) is 14.4 Å². The van der Waals surface area contributed by atoms with Crippen LogP contribution in [0.5, 0.6) is 0 Å². The minimum Gasteiger partial charge on any atom is -0.310 e. The first-order chi connectivity index (χ1) is 6.68. The highest BCUT2D eigenvalue weighted by Gasteiger charge is 2.31. The molecule has 0 N–H and O–H groups in total. The number of amides is 3. The summed E-state index contributed by atoms with van der Waals surface area (Å²) in [6.45, 7) is 1.23. The third-order valence-corrected chi connectivity index (χ3v) is 2.05. The van der Waals surface area contributed by atoms with E-state index in [1.165, 1.54) is 4.90 Å². The standard InChI is InChI=1S/C8H8N2O4/c11-6-2-3-7(12)10(6)14-8(13)9-4-1-5-9/h2-3H,1,4-5H2. The zero-order valence-electron chi connectivity index (χ0n) is 7.30. The topological polar surface area (TPSA) is 66.9 Å². The molecule has 0 aromatic carbocycles. The van der Waals surface area contributed by atoms with Gasteiger partial charge in [0.25, 0.3) is 11.8 Å². The molecule has 0 bridgehead atoms. The molecule has 0 saturated carbocycles. The largest absolute Gasteiger partial charge is 0.434 e. The van der Waals surface area contributed by atoms with E-state index in [2.05, 4.69) is 4.84 Å². The molecule has 3 amide bonds. The molecule has 0 atom stereocenters. The van der Waals surface area contributed by atoms with Gasteiger partial charge in [-0.05, 0) is 6.42 Å². The van der Waals surface area contributed by atoms with Gasteiger partial charge < -0.3 is 9.74 Å². The van der Waals surface area contributed by atoms with Crippen LogP contribution in [0.4, 0.5) is 4.79 Å². The molecule has 0 aliphatic carbocycles. The van der Waals surface area contributed by atoms with Crippen LogP contribution in [0.1, 0.15) is 6.42 Å². The number of rotatable bonds is 1. The van der Waals surface area contributed by atoms with E-state index in [0.717, 1.165) is 18.6 Å². The third-order valence-electron chi connectivity index (χ3n) is 2.05. The zero-order chi connectivity index (χ0) is 10.1. The number of hydrogen-bond donors (Lipinski definition) is 0. The molecule has 2 aliphatic heterocycles. The Balaban J connectivity index is 1.93. The van der Waals surface area contributed by atoms with Gasteiger partial charge in [-0.2, -0.15) is 0 Å². The summed E-state index contributed by atoms with van der Waals surface area (Å²) in [5.74, 6) is -1.24. The van der Waals surface area contributed by atoms with Gasteiger partial charge in [-0.3, -0.25) is 9.59 Å². The van der Waals surface area contributed by atoms with E-state index in [1.807, 2.05) is 0 Å². The SMILES string of the molecule is O=C(ON1C(=O)C=CC1=O)N1CCC1. The van der Waals surface area contributed by atoms with Gasteiger partial charge in [0.2, 0.25) is 0 Å². The minimum atomic E-state index is -0.651. The molecular weight excluding hydrogens is 188 g/mol. The van der Waals surface area contributed by atoms with Gasteiger partial charge in [0.1, 0.15) is 0 Å². The number of hydrogen-bond acceptors (Lipinski definition) is 4. The van der Waals surface area contributed by atoms with Gasteiger partial charge in [0.05, 0.1) is 0 Å². The average molecular weight is 196 g/mol. The second-order valence-electron chi connectivity index (χ2n) is 3.00. The Morgan fingerprint density at radius 3 is 2.21 bits per heavy atom. The van der Waals surface area contributed by atoms with E-state index in [1.54, 1.807) is 0 Å². The van der Waals surface area contributed by atoms with Crippen molar-refractivity contribution in [3.8, 4) is 0 Å². The Morgan fingerprint density at radius 1 is 1.21 bits per heavy atom. The number of imide groups is 1. The molecule has 0 unspecified atom stereocenters. The second kappa shape index (κ2) is 3.13. The fourth-order valence-corrected chi connectivity index (χ4v) is 1.11. The van der Waals surface area contributed by atoms with Crippen molar-refractivity contribution in [1.82, 2.24) is 9.96 Å². The summed E-state index contributed by atoms with van der Waals surface area (Å²) >= 11 is 0. The Morgan fingerprint density at radius 2 is 1.79 bits per heavy atom. The monoisotopic (exact) mass is 196 g/mol. The van der Waals surface area contributed by atoms with E-state index >= 15 is 0 Å². The summed E-state index contributed by atoms with van der Waals surface area (Å²) < 4.78 is 0. The van der Waals surface area contributed by atoms with Crippen molar-refractivity contribution in [1.29, 1.82) is 0 Å². The summed E-state index contributed by atoms with van der Waals surface area (Å²) in [5.41, 5.74) is 0. The van der Waals surface area contributed by atoms with Crippen molar-refractivity contribution in [2.45, 2.75) is 6.42 Å². The number of carbonyl (C=O) groups excluding carboxylic acids is 3. The van der Waals surface area contributed by atoms with E-state index in [-0.39, 0.29) is 0 Å². The number of carbonyl (C=O) groups is 3. The van der Waals surface area contributed by atoms with Crippen LogP contribution in [-0.2, 0) is 14.4 Å². The smallest absolute Gasteiger partial charge is 0.310 e. The van der Waals surface area contributed by atoms with Gasteiger partial charge in [0, 0.05) is 25.2 Å². The van der Waals surface area contributed by atoms with Crippen molar-refractivity contribution >= 4 is 17.9 Å². The van der Waals surface area contributed by atoms with Crippen molar-refractivity contribution in [3.05, 3.63) is 12.2 Å². The molecule has 2 rings (SSSR count). The maximum Gasteiger partial charge on any atom is 0.434 e. The van der Waals surface area contributed by atoms with Crippen LogP contribution in [0.3, 0.4) is 0 Å². The predicted octanol–water partition coefficient (Wildman–Crippen LogP) is -0.331. The van der Waals surface area contributed by atoms with Crippen molar-refractivity contribution in [2.24, 2.45) is 0 Å². The molecule has 0 spiro atoms. The second-order valence-corrected chi connectivity index (χ2v) is 3.00. The minimum absolute atomic E-state index is 0.459. The Kier molecular flexibility index (Phi) is 1.95. The number of hydroxylamine groups is 2. The number of nitrogens with zero attached hydrogens (tertiary/aromatic N) is 2. The quantitative estimate of drug-likeness (QED) is 0.538. The lowest BCUT2D eigenvalue weighted by molar-refractivity contribution is -0.172. The average Bonchev–Trinajstić information content (AvgIpc) is 2.32. The summed E-state index contributed by atoms with van der Waals surface area (Å²) in [6, 6.07) is 0. The first-order valence-electron chi connectivity index (χ1n) is 4.21. The van der Waals surface area contributed by atoms with E-state index in [0.29, 0.717) is 18.2 Å². The van der Waals surface area contributed by atoms with Crippen LogP contribution in [-0.4, -0.2) is 41.0 Å². The zero-order valence-corrected chi connectivity index (χ0v) is 7.30. The summed E-state index contributed by atoms with van der Waals surface area (Å²) in [5, 5.41) is 0.459. The highest BCUT2D eigenvalue weighted by Crippen LogP contribution is 2.11. The van der Waals surface area contributed by atoms with Crippen molar-refractivity contribution < 1.29 is 19.2 Å². The van der Waals surface area contributed by atoms with Crippen LogP contribution < -0.4 is 0 Å². The molecule has 2 aliphatic rings. The molecule has 14 heavy (non-hydrogen) atoms. The summed E-state index contributed by atoms with van der Waals surface area (Å²) in [6.07, 6.45) is 2.40. The lowest BCUT2D eigenvalue weighted by Crippen LogP contribution is -2.46. The van der Waals surface area contributed by atoms with Crippen LogP contribution in [0, 0.1) is 0 Å². The fourth-order valence-electron chi connectivity index (χ4n) is 1.11. The van der Waals surface area contributed by atoms with Crippen molar-refractivity contribution in [2.75, 3.05) is 13.1 Å². The van der Waals surface area contributed by atoms with E-state index < -0.39 is 17.9 Å². The lowest BCUT2D eigenvalue weighted by Gasteiger charge is -2.30. The first-order valence-corrected chi connectivity index (χ1v) is 4.21. The molecule has 2 heterocycles. The summed E-state index contributed by atoms with van der Waals surface area (Å²) in [7, 11) is 0. The molecule has 1 fully saturated rings. The predicted molar refractivity (Wildman–Crippen MR) is 43.7 cm³/mol. The van der Waals surface area contributed by atoms with Crippen molar-refractivity contribution in [3.63, 3.8) is 0 Å². The highest BCUT2D eigenvalue weighted by molar-refractivity contribution is 6.12.